The molecule has 0 bridgehead atoms. The van der Waals surface area contributed by atoms with E-state index in [4.69, 9.17) is 9.47 Å². The van der Waals surface area contributed by atoms with Crippen molar-refractivity contribution in [2.24, 2.45) is 5.92 Å². The van der Waals surface area contributed by atoms with Crippen LogP contribution >= 0.6 is 0 Å². The minimum atomic E-state index is -0.254. The summed E-state index contributed by atoms with van der Waals surface area (Å²) in [5.41, 5.74) is 0. The monoisotopic (exact) mass is 271 g/mol. The van der Waals surface area contributed by atoms with E-state index < -0.39 is 0 Å². The molecule has 5 heteroatoms. The summed E-state index contributed by atoms with van der Waals surface area (Å²) in [5.74, 6) is -0.744. The van der Waals surface area contributed by atoms with E-state index in [1.165, 1.54) is 27.1 Å². The van der Waals surface area contributed by atoms with Gasteiger partial charge >= 0.3 is 11.9 Å². The van der Waals surface area contributed by atoms with Crippen LogP contribution in [-0.4, -0.2) is 49.7 Å². The van der Waals surface area contributed by atoms with Crippen LogP contribution in [0.2, 0.25) is 0 Å². The summed E-state index contributed by atoms with van der Waals surface area (Å²) in [5, 5.41) is 0. The lowest BCUT2D eigenvalue weighted by molar-refractivity contribution is -0.150. The molecule has 2 atom stereocenters. The molecule has 1 fully saturated rings. The summed E-state index contributed by atoms with van der Waals surface area (Å²) < 4.78 is 9.56. The molecule has 1 aliphatic carbocycles. The number of carbonyl (C=O) groups excluding carboxylic acids is 2. The van der Waals surface area contributed by atoms with Crippen molar-refractivity contribution in [1.82, 2.24) is 4.90 Å². The van der Waals surface area contributed by atoms with E-state index >= 15 is 0 Å². The molecule has 1 saturated carbocycles. The van der Waals surface area contributed by atoms with E-state index in [0.29, 0.717) is 6.04 Å². The van der Waals surface area contributed by atoms with E-state index in [1.807, 2.05) is 13.8 Å². The Morgan fingerprint density at radius 1 is 1.16 bits per heavy atom. The number of nitrogens with zero attached hydrogens (tertiary/aromatic N) is 1. The van der Waals surface area contributed by atoms with E-state index in [0.717, 1.165) is 12.8 Å². The predicted octanol–water partition coefficient (Wildman–Crippen LogP) is 1.60. The van der Waals surface area contributed by atoms with Crippen molar-refractivity contribution in [2.75, 3.05) is 20.8 Å². The smallest absolute Gasteiger partial charge is 0.319 e. The Morgan fingerprint density at radius 2 is 1.74 bits per heavy atom. The van der Waals surface area contributed by atoms with Gasteiger partial charge in [-0.05, 0) is 19.8 Å². The number of rotatable bonds is 6. The maximum absolute atomic E-state index is 11.7. The molecule has 0 aliphatic heterocycles. The van der Waals surface area contributed by atoms with Crippen LogP contribution in [-0.2, 0) is 19.1 Å². The standard InChI is InChI=1S/C14H25NO4/c1-10(14(17)19-4)11(2)15(9-13(16)18-3)12-7-5-6-8-12/h10-12H,5-9H2,1-4H3. The van der Waals surface area contributed by atoms with Gasteiger partial charge in [-0.2, -0.15) is 0 Å². The number of ether oxygens (including phenoxy) is 2. The molecule has 0 spiro atoms. The van der Waals surface area contributed by atoms with Crippen molar-refractivity contribution in [3.63, 3.8) is 0 Å². The van der Waals surface area contributed by atoms with E-state index in [9.17, 15) is 9.59 Å². The number of esters is 2. The Hall–Kier alpha value is -1.10. The zero-order valence-electron chi connectivity index (χ0n) is 12.3. The molecule has 0 amide bonds. The average Bonchev–Trinajstić information content (AvgIpc) is 2.95. The van der Waals surface area contributed by atoms with Gasteiger partial charge in [0.1, 0.15) is 0 Å². The third kappa shape index (κ3) is 4.20. The quantitative estimate of drug-likeness (QED) is 0.687. The molecule has 0 heterocycles. The second-order valence-corrected chi connectivity index (χ2v) is 5.24. The highest BCUT2D eigenvalue weighted by Crippen LogP contribution is 2.27. The Bertz CT molecular complexity index is 313. The second kappa shape index (κ2) is 7.48. The first-order chi connectivity index (χ1) is 9.01. The molecule has 0 aromatic carbocycles. The van der Waals surface area contributed by atoms with Crippen LogP contribution in [0.3, 0.4) is 0 Å². The topological polar surface area (TPSA) is 55.8 Å². The summed E-state index contributed by atoms with van der Waals surface area (Å²) in [6, 6.07) is 0.329. The molecule has 110 valence electrons. The molecule has 2 unspecified atom stereocenters. The lowest BCUT2D eigenvalue weighted by Gasteiger charge is -2.35. The van der Waals surface area contributed by atoms with Crippen LogP contribution in [0.4, 0.5) is 0 Å². The maximum Gasteiger partial charge on any atom is 0.319 e. The minimum absolute atomic E-state index is 0.0327. The fourth-order valence-corrected chi connectivity index (χ4v) is 2.73. The second-order valence-electron chi connectivity index (χ2n) is 5.24. The summed E-state index contributed by atoms with van der Waals surface area (Å²) in [6.45, 7) is 4.06. The lowest BCUT2D eigenvalue weighted by atomic mass is 9.99. The normalized spacial score (nSPS) is 19.2. The number of hydrogen-bond acceptors (Lipinski definition) is 5. The number of carbonyl (C=O) groups is 2. The van der Waals surface area contributed by atoms with Crippen molar-refractivity contribution in [1.29, 1.82) is 0 Å². The molecule has 1 aliphatic rings. The summed E-state index contributed by atoms with van der Waals surface area (Å²) in [7, 11) is 2.79. The van der Waals surface area contributed by atoms with Crippen molar-refractivity contribution in [3.8, 4) is 0 Å². The van der Waals surface area contributed by atoms with Gasteiger partial charge in [-0.1, -0.05) is 19.8 Å². The van der Waals surface area contributed by atoms with Gasteiger partial charge in [0.2, 0.25) is 0 Å². The average molecular weight is 271 g/mol. The predicted molar refractivity (Wildman–Crippen MR) is 71.6 cm³/mol. The Morgan fingerprint density at radius 3 is 2.21 bits per heavy atom. The SMILES string of the molecule is COC(=O)CN(C1CCCC1)C(C)C(C)C(=O)OC. The highest BCUT2D eigenvalue weighted by Gasteiger charge is 2.33. The van der Waals surface area contributed by atoms with Gasteiger partial charge in [-0.3, -0.25) is 14.5 Å². The molecular formula is C14H25NO4. The number of hydrogen-bond donors (Lipinski definition) is 0. The fourth-order valence-electron chi connectivity index (χ4n) is 2.73. The van der Waals surface area contributed by atoms with Crippen LogP contribution in [0, 0.1) is 5.92 Å². The highest BCUT2D eigenvalue weighted by atomic mass is 16.5. The molecule has 0 aromatic heterocycles. The van der Waals surface area contributed by atoms with E-state index in [-0.39, 0.29) is 30.4 Å². The molecule has 0 aromatic rings. The molecule has 0 saturated heterocycles. The Kier molecular flexibility index (Phi) is 6.28. The Balaban J connectivity index is 2.76. The molecule has 0 radical (unpaired) electrons. The van der Waals surface area contributed by atoms with Gasteiger partial charge in [0.25, 0.3) is 0 Å². The zero-order chi connectivity index (χ0) is 14.4. The van der Waals surface area contributed by atoms with Gasteiger partial charge in [0.05, 0.1) is 26.7 Å². The van der Waals surface area contributed by atoms with Crippen molar-refractivity contribution in [2.45, 2.75) is 51.6 Å². The summed E-state index contributed by atoms with van der Waals surface area (Å²) in [6.07, 6.45) is 4.52. The molecule has 0 N–H and O–H groups in total. The first-order valence-electron chi connectivity index (χ1n) is 6.91. The van der Waals surface area contributed by atoms with Crippen LogP contribution in [0.15, 0.2) is 0 Å². The van der Waals surface area contributed by atoms with Crippen molar-refractivity contribution >= 4 is 11.9 Å². The zero-order valence-corrected chi connectivity index (χ0v) is 12.3. The lowest BCUT2D eigenvalue weighted by Crippen LogP contribution is -2.48. The third-order valence-corrected chi connectivity index (χ3v) is 4.15. The first-order valence-corrected chi connectivity index (χ1v) is 6.91. The first kappa shape index (κ1) is 16.0. The van der Waals surface area contributed by atoms with Gasteiger partial charge in [-0.15, -0.1) is 0 Å². The van der Waals surface area contributed by atoms with Crippen molar-refractivity contribution < 1.29 is 19.1 Å². The van der Waals surface area contributed by atoms with Gasteiger partial charge < -0.3 is 9.47 Å². The van der Waals surface area contributed by atoms with Gasteiger partial charge in [0.15, 0.2) is 0 Å². The van der Waals surface area contributed by atoms with E-state index in [1.54, 1.807) is 0 Å². The van der Waals surface area contributed by atoms with Crippen LogP contribution in [0.25, 0.3) is 0 Å². The van der Waals surface area contributed by atoms with E-state index in [2.05, 4.69) is 4.90 Å². The van der Waals surface area contributed by atoms with Crippen LogP contribution in [0.5, 0.6) is 0 Å². The molecular weight excluding hydrogens is 246 g/mol. The third-order valence-electron chi connectivity index (χ3n) is 4.15. The molecule has 19 heavy (non-hydrogen) atoms. The maximum atomic E-state index is 11.7. The largest absolute Gasteiger partial charge is 0.469 e. The molecule has 1 rings (SSSR count). The number of methoxy groups -OCH3 is 2. The summed E-state index contributed by atoms with van der Waals surface area (Å²) in [4.78, 5) is 25.3. The highest BCUT2D eigenvalue weighted by molar-refractivity contribution is 5.73. The minimum Gasteiger partial charge on any atom is -0.469 e. The van der Waals surface area contributed by atoms with Gasteiger partial charge in [-0.25, -0.2) is 0 Å². The van der Waals surface area contributed by atoms with Gasteiger partial charge in [0, 0.05) is 12.1 Å². The van der Waals surface area contributed by atoms with Crippen LogP contribution in [0.1, 0.15) is 39.5 Å². The van der Waals surface area contributed by atoms with Crippen molar-refractivity contribution in [3.05, 3.63) is 0 Å². The molecule has 5 nitrogen and oxygen atoms in total. The Labute approximate surface area is 115 Å². The van der Waals surface area contributed by atoms with Crippen LogP contribution < -0.4 is 0 Å². The summed E-state index contributed by atoms with van der Waals surface area (Å²) >= 11 is 0. The fraction of sp³-hybridized carbons (Fsp3) is 0.857.